The number of ether oxygens (including phenoxy) is 1. The summed E-state index contributed by atoms with van der Waals surface area (Å²) in [6, 6.07) is 3.47. The van der Waals surface area contributed by atoms with E-state index >= 15 is 0 Å². The number of hydrogen-bond donors (Lipinski definition) is 1. The van der Waals surface area contributed by atoms with Crippen molar-refractivity contribution in [1.29, 1.82) is 0 Å². The number of carbonyl (C=O) groups is 2. The summed E-state index contributed by atoms with van der Waals surface area (Å²) >= 11 is 0. The number of carboxylic acids is 1. The molecule has 2 fully saturated rings. The average molecular weight is 264 g/mol. The van der Waals surface area contributed by atoms with Crippen LogP contribution in [-0.2, 0) is 20.9 Å². The van der Waals surface area contributed by atoms with Crippen LogP contribution < -0.4 is 10.4 Å². The fourth-order valence-corrected chi connectivity index (χ4v) is 3.02. The number of hydrogen-bond acceptors (Lipinski definition) is 5. The van der Waals surface area contributed by atoms with E-state index in [1.54, 1.807) is 12.1 Å². The van der Waals surface area contributed by atoms with Gasteiger partial charge < -0.3 is 24.4 Å². The van der Waals surface area contributed by atoms with Gasteiger partial charge in [0.2, 0.25) is 5.91 Å². The Kier molecular flexibility index (Phi) is 3.02. The SMILES string of the molecule is O=C(NCc1ccco1)[C@@H]1[C@@H](C(=O)[O-])[C@H]2CC[C@@H]1O2. The Morgan fingerprint density at radius 2 is 2.05 bits per heavy atom. The molecule has 6 heteroatoms. The van der Waals surface area contributed by atoms with Crippen molar-refractivity contribution < 1.29 is 23.8 Å². The van der Waals surface area contributed by atoms with E-state index in [1.807, 2.05) is 0 Å². The molecule has 6 nitrogen and oxygen atoms in total. The molecule has 0 aromatic carbocycles. The lowest BCUT2D eigenvalue weighted by Gasteiger charge is -2.27. The van der Waals surface area contributed by atoms with Crippen molar-refractivity contribution in [2.24, 2.45) is 11.8 Å². The van der Waals surface area contributed by atoms with Crippen molar-refractivity contribution >= 4 is 11.9 Å². The minimum absolute atomic E-state index is 0.249. The third-order valence-electron chi connectivity index (χ3n) is 3.87. The highest BCUT2D eigenvalue weighted by molar-refractivity contribution is 5.85. The zero-order chi connectivity index (χ0) is 13.4. The van der Waals surface area contributed by atoms with E-state index in [0.29, 0.717) is 12.2 Å². The van der Waals surface area contributed by atoms with Crippen LogP contribution in [0.4, 0.5) is 0 Å². The Morgan fingerprint density at radius 3 is 2.68 bits per heavy atom. The van der Waals surface area contributed by atoms with E-state index in [-0.39, 0.29) is 24.7 Å². The van der Waals surface area contributed by atoms with E-state index < -0.39 is 17.8 Å². The Hall–Kier alpha value is -1.82. The molecule has 0 radical (unpaired) electrons. The zero-order valence-electron chi connectivity index (χ0n) is 10.2. The first-order valence-electron chi connectivity index (χ1n) is 6.33. The van der Waals surface area contributed by atoms with Gasteiger partial charge in [-0.15, -0.1) is 0 Å². The van der Waals surface area contributed by atoms with Crippen LogP contribution in [0, 0.1) is 11.8 Å². The minimum Gasteiger partial charge on any atom is -0.550 e. The summed E-state index contributed by atoms with van der Waals surface area (Å²) in [6.45, 7) is 0.249. The normalized spacial score (nSPS) is 32.4. The topological polar surface area (TPSA) is 91.6 Å². The van der Waals surface area contributed by atoms with Crippen molar-refractivity contribution in [3.05, 3.63) is 24.2 Å². The van der Waals surface area contributed by atoms with Gasteiger partial charge in [0, 0.05) is 11.9 Å². The van der Waals surface area contributed by atoms with Crippen molar-refractivity contribution in [3.8, 4) is 0 Å². The maximum atomic E-state index is 12.1. The second kappa shape index (κ2) is 4.70. The highest BCUT2D eigenvalue weighted by atomic mass is 16.5. The third kappa shape index (κ3) is 2.12. The van der Waals surface area contributed by atoms with Gasteiger partial charge in [-0.3, -0.25) is 4.79 Å². The number of amides is 1. The summed E-state index contributed by atoms with van der Waals surface area (Å²) in [5.41, 5.74) is 0. The van der Waals surface area contributed by atoms with Crippen LogP contribution in [0.2, 0.25) is 0 Å². The lowest BCUT2D eigenvalue weighted by Crippen LogP contribution is -2.48. The Bertz CT molecular complexity index is 483. The Balaban J connectivity index is 1.66. The maximum Gasteiger partial charge on any atom is 0.226 e. The van der Waals surface area contributed by atoms with Gasteiger partial charge in [-0.05, 0) is 25.0 Å². The predicted molar refractivity (Wildman–Crippen MR) is 60.4 cm³/mol. The number of furan rings is 1. The molecule has 3 rings (SSSR count). The van der Waals surface area contributed by atoms with Gasteiger partial charge in [-0.1, -0.05) is 0 Å². The summed E-state index contributed by atoms with van der Waals surface area (Å²) in [5, 5.41) is 13.8. The van der Waals surface area contributed by atoms with Crippen LogP contribution in [0.3, 0.4) is 0 Å². The van der Waals surface area contributed by atoms with Gasteiger partial charge in [-0.2, -0.15) is 0 Å². The molecule has 0 unspecified atom stereocenters. The molecular formula is C13H14NO5-. The van der Waals surface area contributed by atoms with Crippen LogP contribution in [0.1, 0.15) is 18.6 Å². The molecule has 0 aliphatic carbocycles. The van der Waals surface area contributed by atoms with Crippen LogP contribution in [0.5, 0.6) is 0 Å². The molecule has 102 valence electrons. The number of rotatable bonds is 4. The summed E-state index contributed by atoms with van der Waals surface area (Å²) in [6.07, 6.45) is 2.25. The molecular weight excluding hydrogens is 250 g/mol. The number of fused-ring (bicyclic) bond motifs is 2. The zero-order valence-corrected chi connectivity index (χ0v) is 10.2. The Labute approximate surface area is 109 Å². The third-order valence-corrected chi connectivity index (χ3v) is 3.87. The van der Waals surface area contributed by atoms with E-state index in [1.165, 1.54) is 6.26 Å². The van der Waals surface area contributed by atoms with E-state index in [2.05, 4.69) is 5.32 Å². The van der Waals surface area contributed by atoms with Crippen LogP contribution in [0.15, 0.2) is 22.8 Å². The summed E-state index contributed by atoms with van der Waals surface area (Å²) in [7, 11) is 0. The first-order chi connectivity index (χ1) is 9.16. The van der Waals surface area contributed by atoms with Crippen molar-refractivity contribution in [3.63, 3.8) is 0 Å². The fourth-order valence-electron chi connectivity index (χ4n) is 3.02. The first kappa shape index (κ1) is 12.2. The second-order valence-electron chi connectivity index (χ2n) is 4.96. The molecule has 2 aliphatic rings. The number of aliphatic carboxylic acids is 1. The van der Waals surface area contributed by atoms with Crippen molar-refractivity contribution in [2.75, 3.05) is 0 Å². The first-order valence-corrected chi connectivity index (χ1v) is 6.33. The monoisotopic (exact) mass is 264 g/mol. The summed E-state index contributed by atoms with van der Waals surface area (Å²) in [4.78, 5) is 23.3. The lowest BCUT2D eigenvalue weighted by molar-refractivity contribution is -0.314. The molecule has 1 N–H and O–H groups in total. The fraction of sp³-hybridized carbons (Fsp3) is 0.538. The average Bonchev–Trinajstić information content (AvgIpc) is 3.10. The van der Waals surface area contributed by atoms with Gasteiger partial charge in [0.05, 0.1) is 30.9 Å². The number of nitrogens with one attached hydrogen (secondary N) is 1. The molecule has 1 amide bonds. The van der Waals surface area contributed by atoms with Gasteiger partial charge in [0.25, 0.3) is 0 Å². The largest absolute Gasteiger partial charge is 0.550 e. The molecule has 2 saturated heterocycles. The van der Waals surface area contributed by atoms with Crippen LogP contribution in [0.25, 0.3) is 0 Å². The smallest absolute Gasteiger partial charge is 0.226 e. The molecule has 2 bridgehead atoms. The Morgan fingerprint density at radius 1 is 1.32 bits per heavy atom. The molecule has 1 aromatic heterocycles. The standard InChI is InChI=1S/C13H15NO5/c15-12(14-6-7-2-1-5-18-7)10-8-3-4-9(19-8)11(10)13(16)17/h1-2,5,8-11H,3-4,6H2,(H,14,15)(H,16,17)/p-1/t8-,9+,10-,11-/m0/s1. The van der Waals surface area contributed by atoms with Gasteiger partial charge in [-0.25, -0.2) is 0 Å². The number of carbonyl (C=O) groups excluding carboxylic acids is 2. The van der Waals surface area contributed by atoms with Crippen LogP contribution in [-0.4, -0.2) is 24.1 Å². The van der Waals surface area contributed by atoms with Crippen LogP contribution >= 0.6 is 0 Å². The predicted octanol–water partition coefficient (Wildman–Crippen LogP) is -0.561. The summed E-state index contributed by atoms with van der Waals surface area (Å²) < 4.78 is 10.6. The molecule has 4 atom stereocenters. The highest BCUT2D eigenvalue weighted by Gasteiger charge is 2.52. The van der Waals surface area contributed by atoms with Gasteiger partial charge in [0.1, 0.15) is 5.76 Å². The van der Waals surface area contributed by atoms with Gasteiger partial charge >= 0.3 is 0 Å². The molecule has 19 heavy (non-hydrogen) atoms. The molecule has 1 aromatic rings. The quantitative estimate of drug-likeness (QED) is 0.787. The highest BCUT2D eigenvalue weighted by Crippen LogP contribution is 2.43. The summed E-state index contributed by atoms with van der Waals surface area (Å²) in [5.74, 6) is -2.38. The van der Waals surface area contributed by atoms with E-state index in [0.717, 1.165) is 6.42 Å². The lowest BCUT2D eigenvalue weighted by atomic mass is 9.79. The minimum atomic E-state index is -1.20. The molecule has 2 aliphatic heterocycles. The van der Waals surface area contributed by atoms with Crippen molar-refractivity contribution in [2.45, 2.75) is 31.6 Å². The second-order valence-corrected chi connectivity index (χ2v) is 4.96. The van der Waals surface area contributed by atoms with Gasteiger partial charge in [0.15, 0.2) is 0 Å². The molecule has 3 heterocycles. The van der Waals surface area contributed by atoms with Crippen molar-refractivity contribution in [1.82, 2.24) is 5.32 Å². The molecule has 0 spiro atoms. The van der Waals surface area contributed by atoms with E-state index in [9.17, 15) is 14.7 Å². The molecule has 0 saturated carbocycles. The maximum absolute atomic E-state index is 12.1. The van der Waals surface area contributed by atoms with E-state index in [4.69, 9.17) is 9.15 Å². The number of carboxylic acid groups (broad SMARTS) is 1.